The number of amides is 3. The second-order valence-corrected chi connectivity index (χ2v) is 9.71. The fraction of sp³-hybridized carbons (Fsp3) is 0.357. The molecule has 3 amide bonds. The highest BCUT2D eigenvalue weighted by molar-refractivity contribution is 5.95. The van der Waals surface area contributed by atoms with Crippen molar-refractivity contribution in [1.29, 1.82) is 0 Å². The lowest BCUT2D eigenvalue weighted by Gasteiger charge is -2.26. The topological polar surface area (TPSA) is 207 Å². The molecule has 9 N–H and O–H groups in total. The van der Waals surface area contributed by atoms with Crippen molar-refractivity contribution in [2.45, 2.75) is 63.1 Å². The van der Waals surface area contributed by atoms with Gasteiger partial charge in [0, 0.05) is 29.9 Å². The normalized spacial score (nSPS) is 15.7. The van der Waals surface area contributed by atoms with Gasteiger partial charge in [-0.2, -0.15) is 0 Å². The average molecular weight is 554 g/mol. The van der Waals surface area contributed by atoms with Crippen LogP contribution in [0.15, 0.2) is 60.8 Å². The number of aromatic nitrogens is 1. The minimum absolute atomic E-state index is 0.0209. The molecule has 0 aliphatic rings. The highest BCUT2D eigenvalue weighted by Gasteiger charge is 2.33. The van der Waals surface area contributed by atoms with Gasteiger partial charge >= 0.3 is 5.97 Å². The Labute approximate surface area is 231 Å². The molecule has 6 atom stereocenters. The van der Waals surface area contributed by atoms with Gasteiger partial charge in [-0.15, -0.1) is 0 Å². The second kappa shape index (κ2) is 13.7. The van der Waals surface area contributed by atoms with Gasteiger partial charge in [0.25, 0.3) is 0 Å². The van der Waals surface area contributed by atoms with E-state index in [1.54, 1.807) is 36.5 Å². The van der Waals surface area contributed by atoms with Gasteiger partial charge in [-0.3, -0.25) is 14.4 Å². The number of nitrogens with one attached hydrogen (secondary N) is 4. The summed E-state index contributed by atoms with van der Waals surface area (Å²) in [5.74, 6) is -3.76. The summed E-state index contributed by atoms with van der Waals surface area (Å²) in [6.07, 6.45) is -0.858. The Kier molecular flexibility index (Phi) is 10.4. The van der Waals surface area contributed by atoms with Crippen LogP contribution in [-0.4, -0.2) is 80.4 Å². The van der Waals surface area contributed by atoms with E-state index in [0.717, 1.165) is 10.9 Å². The molecule has 0 fully saturated rings. The molecule has 40 heavy (non-hydrogen) atoms. The highest BCUT2D eigenvalue weighted by atomic mass is 16.4. The van der Waals surface area contributed by atoms with Gasteiger partial charge in [0.2, 0.25) is 17.7 Å². The molecule has 0 saturated heterocycles. The Hall–Kier alpha value is -4.26. The molecular weight excluding hydrogens is 518 g/mol. The lowest BCUT2D eigenvalue weighted by atomic mass is 10.0. The van der Waals surface area contributed by atoms with E-state index in [-0.39, 0.29) is 12.8 Å². The first-order valence-corrected chi connectivity index (χ1v) is 12.8. The zero-order valence-corrected chi connectivity index (χ0v) is 22.2. The molecule has 6 unspecified atom stereocenters. The van der Waals surface area contributed by atoms with Crippen molar-refractivity contribution in [2.75, 3.05) is 0 Å². The third kappa shape index (κ3) is 7.88. The molecule has 3 aromatic rings. The molecule has 1 aromatic heterocycles. The Bertz CT molecular complexity index is 1320. The third-order valence-corrected chi connectivity index (χ3v) is 6.52. The molecule has 0 saturated carbocycles. The maximum Gasteiger partial charge on any atom is 0.328 e. The number of carbonyl (C=O) groups is 4. The number of aliphatic hydroxyl groups excluding tert-OH is 2. The van der Waals surface area contributed by atoms with E-state index < -0.39 is 60.1 Å². The number of rotatable bonds is 13. The van der Waals surface area contributed by atoms with Crippen LogP contribution < -0.4 is 21.7 Å². The molecule has 2 aromatic carbocycles. The van der Waals surface area contributed by atoms with Gasteiger partial charge in [0.1, 0.15) is 18.1 Å². The molecule has 0 radical (unpaired) electrons. The quantitative estimate of drug-likeness (QED) is 0.139. The highest BCUT2D eigenvalue weighted by Crippen LogP contribution is 2.19. The first kappa shape index (κ1) is 30.3. The van der Waals surface area contributed by atoms with Crippen LogP contribution >= 0.6 is 0 Å². The van der Waals surface area contributed by atoms with Crippen molar-refractivity contribution in [3.05, 3.63) is 71.9 Å². The number of H-pyrrole nitrogens is 1. The molecule has 12 heteroatoms. The number of hydrogen-bond donors (Lipinski definition) is 8. The van der Waals surface area contributed by atoms with E-state index in [1.807, 2.05) is 24.3 Å². The van der Waals surface area contributed by atoms with Gasteiger partial charge < -0.3 is 42.0 Å². The molecular formula is C28H35N5O7. The molecule has 1 heterocycles. The average Bonchev–Trinajstić information content (AvgIpc) is 3.33. The molecule has 0 spiro atoms. The first-order valence-electron chi connectivity index (χ1n) is 12.8. The Morgan fingerprint density at radius 2 is 1.38 bits per heavy atom. The van der Waals surface area contributed by atoms with E-state index in [1.165, 1.54) is 13.8 Å². The summed E-state index contributed by atoms with van der Waals surface area (Å²) in [6.45, 7) is 2.57. The van der Waals surface area contributed by atoms with E-state index in [0.29, 0.717) is 11.1 Å². The summed E-state index contributed by atoms with van der Waals surface area (Å²) < 4.78 is 0. The lowest BCUT2D eigenvalue weighted by Crippen LogP contribution is -2.59. The molecule has 12 nitrogen and oxygen atoms in total. The summed E-state index contributed by atoms with van der Waals surface area (Å²) in [5.41, 5.74) is 7.96. The van der Waals surface area contributed by atoms with E-state index >= 15 is 0 Å². The van der Waals surface area contributed by atoms with Crippen molar-refractivity contribution in [1.82, 2.24) is 20.9 Å². The number of hydrogen-bond acceptors (Lipinski definition) is 7. The summed E-state index contributed by atoms with van der Waals surface area (Å²) in [5, 5.41) is 37.4. The van der Waals surface area contributed by atoms with Gasteiger partial charge in [-0.05, 0) is 31.0 Å². The van der Waals surface area contributed by atoms with Crippen LogP contribution in [0, 0.1) is 0 Å². The van der Waals surface area contributed by atoms with Crippen LogP contribution in [0.1, 0.15) is 25.0 Å². The van der Waals surface area contributed by atoms with Crippen LogP contribution in [0.3, 0.4) is 0 Å². The van der Waals surface area contributed by atoms with Gasteiger partial charge in [0.15, 0.2) is 6.04 Å². The van der Waals surface area contributed by atoms with Crippen molar-refractivity contribution >= 4 is 34.6 Å². The minimum atomic E-state index is -1.61. The van der Waals surface area contributed by atoms with Crippen molar-refractivity contribution < 1.29 is 34.5 Å². The Morgan fingerprint density at radius 3 is 2.00 bits per heavy atom. The Balaban J connectivity index is 1.91. The summed E-state index contributed by atoms with van der Waals surface area (Å²) >= 11 is 0. The number of aromatic amines is 1. The maximum absolute atomic E-state index is 13.6. The van der Waals surface area contributed by atoms with E-state index in [4.69, 9.17) is 5.73 Å². The smallest absolute Gasteiger partial charge is 0.328 e. The predicted molar refractivity (Wildman–Crippen MR) is 147 cm³/mol. The van der Waals surface area contributed by atoms with Gasteiger partial charge in [-0.25, -0.2) is 4.79 Å². The van der Waals surface area contributed by atoms with Crippen LogP contribution in [0.4, 0.5) is 0 Å². The number of fused-ring (bicyclic) bond motifs is 1. The SMILES string of the molecule is CC(O)C(N)C(=O)NC(Cc1ccccc1)C(=O)NC(Cc1c[nH]c2ccccc12)C(=O)NC(C(=O)O)C(C)O. The van der Waals surface area contributed by atoms with Crippen molar-refractivity contribution in [3.8, 4) is 0 Å². The van der Waals surface area contributed by atoms with Crippen molar-refractivity contribution in [3.63, 3.8) is 0 Å². The largest absolute Gasteiger partial charge is 0.480 e. The number of nitrogens with two attached hydrogens (primary N) is 1. The van der Waals surface area contributed by atoms with Crippen LogP contribution in [0.25, 0.3) is 10.9 Å². The number of carbonyl (C=O) groups excluding carboxylic acids is 3. The summed E-state index contributed by atoms with van der Waals surface area (Å²) in [6, 6.07) is 10.8. The number of aliphatic hydroxyl groups is 2. The standard InChI is InChI=1S/C28H35N5O7/c1-15(34)23(29)27(38)32-21(12-17-8-4-3-5-9-17)25(36)31-22(26(37)33-24(16(2)35)28(39)40)13-18-14-30-20-11-7-6-10-19(18)20/h3-11,14-16,21-24,30,34-35H,12-13,29H2,1-2H3,(H,31,36)(H,32,38)(H,33,37)(H,39,40). The van der Waals surface area contributed by atoms with Crippen LogP contribution in [0.5, 0.6) is 0 Å². The maximum atomic E-state index is 13.6. The first-order chi connectivity index (χ1) is 19.0. The molecule has 0 aliphatic heterocycles. The number of para-hydroxylation sites is 1. The van der Waals surface area contributed by atoms with Crippen molar-refractivity contribution in [2.24, 2.45) is 5.73 Å². The van der Waals surface area contributed by atoms with E-state index in [2.05, 4.69) is 20.9 Å². The minimum Gasteiger partial charge on any atom is -0.480 e. The third-order valence-electron chi connectivity index (χ3n) is 6.52. The number of carboxylic acid groups (broad SMARTS) is 1. The predicted octanol–water partition coefficient (Wildman–Crippen LogP) is -0.419. The van der Waals surface area contributed by atoms with Gasteiger partial charge in [0.05, 0.1) is 12.2 Å². The van der Waals surface area contributed by atoms with Crippen LogP contribution in [0.2, 0.25) is 0 Å². The lowest BCUT2D eigenvalue weighted by molar-refractivity contribution is -0.145. The summed E-state index contributed by atoms with van der Waals surface area (Å²) in [4.78, 5) is 54.2. The van der Waals surface area contributed by atoms with Crippen LogP contribution in [-0.2, 0) is 32.0 Å². The Morgan fingerprint density at radius 1 is 0.800 bits per heavy atom. The fourth-order valence-corrected chi connectivity index (χ4v) is 4.19. The van der Waals surface area contributed by atoms with E-state index in [9.17, 15) is 34.5 Å². The molecule has 214 valence electrons. The number of benzene rings is 2. The molecule has 0 aliphatic carbocycles. The zero-order chi connectivity index (χ0) is 29.4. The summed E-state index contributed by atoms with van der Waals surface area (Å²) in [7, 11) is 0. The molecule has 3 rings (SSSR count). The number of aliphatic carboxylic acids is 1. The second-order valence-electron chi connectivity index (χ2n) is 9.71. The number of carboxylic acids is 1. The molecule has 0 bridgehead atoms. The zero-order valence-electron chi connectivity index (χ0n) is 22.2. The fourth-order valence-electron chi connectivity index (χ4n) is 4.19. The van der Waals surface area contributed by atoms with Gasteiger partial charge in [-0.1, -0.05) is 48.5 Å². The monoisotopic (exact) mass is 553 g/mol.